The van der Waals surface area contributed by atoms with Gasteiger partial charge in [0.15, 0.2) is 5.16 Å². The first-order valence-electron chi connectivity index (χ1n) is 8.87. The van der Waals surface area contributed by atoms with Crippen molar-refractivity contribution in [1.29, 1.82) is 0 Å². The second-order valence-electron chi connectivity index (χ2n) is 6.67. The number of aromatic amines is 1. The number of ether oxygens (including phenoxy) is 1. The third-order valence-corrected chi connectivity index (χ3v) is 6.33. The van der Waals surface area contributed by atoms with Crippen molar-refractivity contribution >= 4 is 34.9 Å². The molecule has 3 heterocycles. The van der Waals surface area contributed by atoms with E-state index in [0.29, 0.717) is 33.7 Å². The largest absolute Gasteiger partial charge is 0.463 e. The van der Waals surface area contributed by atoms with Crippen molar-refractivity contribution < 1.29 is 9.53 Å². The van der Waals surface area contributed by atoms with Crippen LogP contribution < -0.4 is 10.9 Å². The van der Waals surface area contributed by atoms with Gasteiger partial charge in [0.05, 0.1) is 23.7 Å². The molecule has 0 unspecified atom stereocenters. The van der Waals surface area contributed by atoms with E-state index in [2.05, 4.69) is 29.1 Å². The quantitative estimate of drug-likeness (QED) is 0.430. The van der Waals surface area contributed by atoms with Gasteiger partial charge in [0.1, 0.15) is 5.82 Å². The van der Waals surface area contributed by atoms with Crippen molar-refractivity contribution in [3.05, 3.63) is 49.6 Å². The van der Waals surface area contributed by atoms with Crippen LogP contribution in [0.15, 0.2) is 38.7 Å². The molecule has 0 fully saturated rings. The molecule has 0 amide bonds. The molecule has 144 valence electrons. The zero-order valence-corrected chi connectivity index (χ0v) is 17.4. The Morgan fingerprint density at radius 2 is 2.22 bits per heavy atom. The van der Waals surface area contributed by atoms with Gasteiger partial charge in [-0.3, -0.25) is 4.79 Å². The molecule has 1 atom stereocenters. The molecule has 0 radical (unpaired) electrons. The summed E-state index contributed by atoms with van der Waals surface area (Å²) in [5.41, 5.74) is 1.35. The summed E-state index contributed by atoms with van der Waals surface area (Å²) < 4.78 is 5.25. The Hall–Kier alpha value is -2.06. The Bertz CT molecular complexity index is 917. The molecule has 0 aromatic carbocycles. The molecule has 6 nitrogen and oxygen atoms in total. The molecule has 0 saturated heterocycles. The van der Waals surface area contributed by atoms with Crippen LogP contribution in [0.3, 0.4) is 0 Å². The Morgan fingerprint density at radius 1 is 1.44 bits per heavy atom. The van der Waals surface area contributed by atoms with Gasteiger partial charge in [-0.2, -0.15) is 0 Å². The topological polar surface area (TPSA) is 84.1 Å². The molecule has 1 aliphatic heterocycles. The van der Waals surface area contributed by atoms with E-state index in [0.717, 1.165) is 10.6 Å². The first-order chi connectivity index (χ1) is 12.9. The summed E-state index contributed by atoms with van der Waals surface area (Å²) in [4.78, 5) is 34.0. The van der Waals surface area contributed by atoms with Crippen molar-refractivity contribution in [3.63, 3.8) is 0 Å². The zero-order valence-electron chi connectivity index (χ0n) is 15.8. The number of nitrogens with one attached hydrogen (secondary N) is 2. The van der Waals surface area contributed by atoms with E-state index >= 15 is 0 Å². The smallest absolute Gasteiger partial charge is 0.336 e. The van der Waals surface area contributed by atoms with E-state index in [-0.39, 0.29) is 12.2 Å². The van der Waals surface area contributed by atoms with Gasteiger partial charge in [-0.05, 0) is 31.2 Å². The lowest BCUT2D eigenvalue weighted by Gasteiger charge is -2.27. The second-order valence-corrected chi connectivity index (χ2v) is 8.66. The van der Waals surface area contributed by atoms with Crippen LogP contribution in [0, 0.1) is 5.92 Å². The molecule has 0 spiro atoms. The van der Waals surface area contributed by atoms with E-state index in [1.54, 1.807) is 6.92 Å². The molecule has 2 aromatic heterocycles. The van der Waals surface area contributed by atoms with Gasteiger partial charge in [-0.1, -0.05) is 31.7 Å². The van der Waals surface area contributed by atoms with E-state index in [4.69, 9.17) is 4.74 Å². The maximum atomic E-state index is 12.9. The van der Waals surface area contributed by atoms with Gasteiger partial charge in [0.2, 0.25) is 0 Å². The highest BCUT2D eigenvalue weighted by Crippen LogP contribution is 2.41. The fourth-order valence-electron chi connectivity index (χ4n) is 2.96. The van der Waals surface area contributed by atoms with Gasteiger partial charge in [-0.15, -0.1) is 11.3 Å². The summed E-state index contributed by atoms with van der Waals surface area (Å²) in [7, 11) is 0. The normalized spacial score (nSPS) is 16.3. The molecule has 8 heteroatoms. The van der Waals surface area contributed by atoms with Crippen molar-refractivity contribution in [2.24, 2.45) is 5.92 Å². The number of hydrogen-bond donors (Lipinski definition) is 2. The SMILES string of the molecule is CCOC(=O)C1=C(C)Nc2nc(SCC(C)C)[nH]c(=O)c2[C@H]1c1cccs1. The number of thiophene rings is 1. The van der Waals surface area contributed by atoms with Crippen LogP contribution >= 0.6 is 23.1 Å². The van der Waals surface area contributed by atoms with Crippen LogP contribution in [0.1, 0.15) is 44.1 Å². The number of rotatable bonds is 6. The number of thioether (sulfide) groups is 1. The summed E-state index contributed by atoms with van der Waals surface area (Å²) in [5.74, 6) is 0.956. The number of carbonyl (C=O) groups excluding carboxylic acids is 1. The first-order valence-corrected chi connectivity index (χ1v) is 10.7. The number of esters is 1. The minimum Gasteiger partial charge on any atom is -0.463 e. The average molecular weight is 406 g/mol. The molecule has 0 aliphatic carbocycles. The summed E-state index contributed by atoms with van der Waals surface area (Å²) in [6.07, 6.45) is 0. The van der Waals surface area contributed by atoms with Gasteiger partial charge in [0.25, 0.3) is 5.56 Å². The van der Waals surface area contributed by atoms with Crippen LogP contribution in [-0.4, -0.2) is 28.3 Å². The number of hydrogen-bond acceptors (Lipinski definition) is 7. The van der Waals surface area contributed by atoms with Crippen molar-refractivity contribution in [3.8, 4) is 0 Å². The number of allylic oxidation sites excluding steroid dienone is 1. The fraction of sp³-hybridized carbons (Fsp3) is 0.421. The van der Waals surface area contributed by atoms with E-state index < -0.39 is 11.9 Å². The predicted molar refractivity (Wildman–Crippen MR) is 110 cm³/mol. The molecular formula is C19H23N3O3S2. The van der Waals surface area contributed by atoms with Crippen LogP contribution in [-0.2, 0) is 9.53 Å². The van der Waals surface area contributed by atoms with E-state index in [1.807, 2.05) is 24.4 Å². The Kier molecular flexibility index (Phi) is 6.06. The number of fused-ring (bicyclic) bond motifs is 1. The monoisotopic (exact) mass is 405 g/mol. The van der Waals surface area contributed by atoms with Crippen LogP contribution in [0.4, 0.5) is 5.82 Å². The molecule has 2 N–H and O–H groups in total. The van der Waals surface area contributed by atoms with E-state index in [9.17, 15) is 9.59 Å². The zero-order chi connectivity index (χ0) is 19.6. The molecule has 2 aromatic rings. The number of carbonyl (C=O) groups is 1. The van der Waals surface area contributed by atoms with Crippen molar-refractivity contribution in [1.82, 2.24) is 9.97 Å². The minimum absolute atomic E-state index is 0.230. The Balaban J connectivity index is 2.11. The molecule has 1 aliphatic rings. The van der Waals surface area contributed by atoms with Gasteiger partial charge < -0.3 is 15.0 Å². The number of aromatic nitrogens is 2. The summed E-state index contributed by atoms with van der Waals surface area (Å²) in [6.45, 7) is 8.10. The number of H-pyrrole nitrogens is 1. The second kappa shape index (κ2) is 8.31. The summed E-state index contributed by atoms with van der Waals surface area (Å²) in [6, 6.07) is 3.84. The fourth-order valence-corrected chi connectivity index (χ4v) is 4.62. The highest BCUT2D eigenvalue weighted by molar-refractivity contribution is 7.99. The standard InChI is InChI=1S/C19H23N3O3S2/c1-5-25-18(24)13-11(4)20-16-15(14(13)12-7-6-8-26-12)17(23)22-19(21-16)27-9-10(2)3/h6-8,10,14H,5,9H2,1-4H3,(H2,20,21,22,23)/t14-/m0/s1. The predicted octanol–water partition coefficient (Wildman–Crippen LogP) is 3.97. The highest BCUT2D eigenvalue weighted by Gasteiger charge is 2.36. The number of anilines is 1. The molecule has 27 heavy (non-hydrogen) atoms. The summed E-state index contributed by atoms with van der Waals surface area (Å²) >= 11 is 3.02. The van der Waals surface area contributed by atoms with Crippen LogP contribution in [0.2, 0.25) is 0 Å². The molecule has 0 bridgehead atoms. The van der Waals surface area contributed by atoms with E-state index in [1.165, 1.54) is 23.1 Å². The lowest BCUT2D eigenvalue weighted by atomic mass is 9.86. The Labute approximate surface area is 166 Å². The lowest BCUT2D eigenvalue weighted by Crippen LogP contribution is -2.30. The van der Waals surface area contributed by atoms with Crippen LogP contribution in [0.25, 0.3) is 0 Å². The third-order valence-electron chi connectivity index (χ3n) is 4.10. The van der Waals surface area contributed by atoms with Gasteiger partial charge in [-0.25, -0.2) is 9.78 Å². The maximum absolute atomic E-state index is 12.9. The van der Waals surface area contributed by atoms with Crippen LogP contribution in [0.5, 0.6) is 0 Å². The van der Waals surface area contributed by atoms with Crippen molar-refractivity contribution in [2.45, 2.75) is 38.8 Å². The summed E-state index contributed by atoms with van der Waals surface area (Å²) in [5, 5.41) is 5.66. The average Bonchev–Trinajstić information content (AvgIpc) is 3.13. The molecule has 0 saturated carbocycles. The highest BCUT2D eigenvalue weighted by atomic mass is 32.2. The van der Waals surface area contributed by atoms with Crippen molar-refractivity contribution in [2.75, 3.05) is 17.7 Å². The molecule has 3 rings (SSSR count). The maximum Gasteiger partial charge on any atom is 0.336 e. The van der Waals surface area contributed by atoms with Gasteiger partial charge in [0, 0.05) is 16.3 Å². The van der Waals surface area contributed by atoms with Gasteiger partial charge >= 0.3 is 5.97 Å². The number of nitrogens with zero attached hydrogens (tertiary/aromatic N) is 1. The third kappa shape index (κ3) is 4.11. The molecular weight excluding hydrogens is 382 g/mol. The minimum atomic E-state index is -0.485. The first kappa shape index (κ1) is 19.7. The Morgan fingerprint density at radius 3 is 2.85 bits per heavy atom. The lowest BCUT2D eigenvalue weighted by molar-refractivity contribution is -0.138.